The second kappa shape index (κ2) is 7.27. The molecule has 24 heavy (non-hydrogen) atoms. The summed E-state index contributed by atoms with van der Waals surface area (Å²) >= 11 is 0. The number of nitrogens with zero attached hydrogens (tertiary/aromatic N) is 3. The minimum Gasteiger partial charge on any atom is -0.508 e. The van der Waals surface area contributed by atoms with Crippen LogP contribution >= 0.6 is 0 Å². The highest BCUT2D eigenvalue weighted by molar-refractivity contribution is 5.78. The largest absolute Gasteiger partial charge is 0.508 e. The summed E-state index contributed by atoms with van der Waals surface area (Å²) < 4.78 is 0. The standard InChI is InChI=1S/C19H22N4O/c1-3-23(4-2)13-15-11-16(9-10-18(15)24)21-19-20-12-14-7-5-6-8-17(14)22-19/h5-12,24H,3-4,13H2,1-2H3,(H,20,21,22). The summed E-state index contributed by atoms with van der Waals surface area (Å²) in [6.45, 7) is 6.84. The zero-order valence-electron chi connectivity index (χ0n) is 14.0. The second-order valence-corrected chi connectivity index (χ2v) is 5.68. The van der Waals surface area contributed by atoms with E-state index in [1.807, 2.05) is 42.6 Å². The van der Waals surface area contributed by atoms with E-state index in [1.165, 1.54) is 0 Å². The molecule has 0 spiro atoms. The average molecular weight is 322 g/mol. The van der Waals surface area contributed by atoms with Gasteiger partial charge in [-0.15, -0.1) is 0 Å². The third-order valence-corrected chi connectivity index (χ3v) is 4.11. The number of para-hydroxylation sites is 1. The molecule has 2 N–H and O–H groups in total. The Hall–Kier alpha value is -2.66. The summed E-state index contributed by atoms with van der Waals surface area (Å²) in [5.41, 5.74) is 2.66. The summed E-state index contributed by atoms with van der Waals surface area (Å²) in [4.78, 5) is 11.1. The van der Waals surface area contributed by atoms with E-state index in [1.54, 1.807) is 6.07 Å². The van der Waals surface area contributed by atoms with Crippen molar-refractivity contribution in [3.05, 3.63) is 54.2 Å². The SMILES string of the molecule is CCN(CC)Cc1cc(Nc2ncc3ccccc3n2)ccc1O. The van der Waals surface area contributed by atoms with Crippen LogP contribution in [0.2, 0.25) is 0 Å². The molecule has 0 fully saturated rings. The molecular formula is C19H22N4O. The van der Waals surface area contributed by atoms with Gasteiger partial charge in [0.15, 0.2) is 0 Å². The Morgan fingerprint density at radius 1 is 1.08 bits per heavy atom. The number of aromatic hydroxyl groups is 1. The number of hydrogen-bond donors (Lipinski definition) is 2. The number of phenolic OH excluding ortho intramolecular Hbond substituents is 1. The van der Waals surface area contributed by atoms with Crippen molar-refractivity contribution in [2.75, 3.05) is 18.4 Å². The van der Waals surface area contributed by atoms with Crippen LogP contribution in [-0.2, 0) is 6.54 Å². The first-order valence-corrected chi connectivity index (χ1v) is 8.22. The van der Waals surface area contributed by atoms with E-state index < -0.39 is 0 Å². The number of nitrogens with one attached hydrogen (secondary N) is 1. The first-order valence-electron chi connectivity index (χ1n) is 8.22. The van der Waals surface area contributed by atoms with Gasteiger partial charge in [0, 0.05) is 29.4 Å². The van der Waals surface area contributed by atoms with Gasteiger partial charge in [0.1, 0.15) is 5.75 Å². The number of hydrogen-bond acceptors (Lipinski definition) is 5. The van der Waals surface area contributed by atoms with Crippen LogP contribution in [0.3, 0.4) is 0 Å². The van der Waals surface area contributed by atoms with Crippen LogP contribution in [0.25, 0.3) is 10.9 Å². The molecular weight excluding hydrogens is 300 g/mol. The Kier molecular flexibility index (Phi) is 4.91. The van der Waals surface area contributed by atoms with Gasteiger partial charge in [-0.1, -0.05) is 32.0 Å². The van der Waals surface area contributed by atoms with Crippen molar-refractivity contribution in [1.29, 1.82) is 0 Å². The van der Waals surface area contributed by atoms with Gasteiger partial charge in [0.2, 0.25) is 5.95 Å². The number of rotatable bonds is 6. The molecule has 0 saturated carbocycles. The molecule has 5 nitrogen and oxygen atoms in total. The molecule has 0 aliphatic heterocycles. The fraction of sp³-hybridized carbons (Fsp3) is 0.263. The van der Waals surface area contributed by atoms with Gasteiger partial charge in [-0.2, -0.15) is 0 Å². The quantitative estimate of drug-likeness (QED) is 0.674. The highest BCUT2D eigenvalue weighted by atomic mass is 16.3. The van der Waals surface area contributed by atoms with Crippen LogP contribution in [-0.4, -0.2) is 33.1 Å². The smallest absolute Gasteiger partial charge is 0.227 e. The van der Waals surface area contributed by atoms with Gasteiger partial charge in [-0.05, 0) is 37.4 Å². The third kappa shape index (κ3) is 3.63. The minimum atomic E-state index is 0.312. The van der Waals surface area contributed by atoms with Crippen LogP contribution in [0.5, 0.6) is 5.75 Å². The predicted octanol–water partition coefficient (Wildman–Crippen LogP) is 3.92. The molecule has 124 valence electrons. The highest BCUT2D eigenvalue weighted by Crippen LogP contribution is 2.25. The summed E-state index contributed by atoms with van der Waals surface area (Å²) in [5.74, 6) is 0.861. The molecule has 0 saturated heterocycles. The van der Waals surface area contributed by atoms with Crippen molar-refractivity contribution >= 4 is 22.5 Å². The average Bonchev–Trinajstić information content (AvgIpc) is 2.62. The lowest BCUT2D eigenvalue weighted by molar-refractivity contribution is 0.291. The first kappa shape index (κ1) is 16.2. The number of fused-ring (bicyclic) bond motifs is 1. The number of anilines is 2. The van der Waals surface area contributed by atoms with Crippen LogP contribution in [0, 0.1) is 0 Å². The molecule has 2 aromatic carbocycles. The van der Waals surface area contributed by atoms with Crippen molar-refractivity contribution < 1.29 is 5.11 Å². The van der Waals surface area contributed by atoms with E-state index >= 15 is 0 Å². The van der Waals surface area contributed by atoms with Crippen LogP contribution < -0.4 is 5.32 Å². The molecule has 0 radical (unpaired) electrons. The number of benzene rings is 2. The Labute approximate surface area is 142 Å². The third-order valence-electron chi connectivity index (χ3n) is 4.11. The van der Waals surface area contributed by atoms with Gasteiger partial charge >= 0.3 is 0 Å². The van der Waals surface area contributed by atoms with E-state index in [9.17, 15) is 5.11 Å². The van der Waals surface area contributed by atoms with E-state index in [0.717, 1.165) is 35.2 Å². The van der Waals surface area contributed by atoms with Gasteiger partial charge in [-0.25, -0.2) is 9.97 Å². The number of phenols is 1. The molecule has 0 atom stereocenters. The zero-order valence-corrected chi connectivity index (χ0v) is 14.0. The van der Waals surface area contributed by atoms with Gasteiger partial charge in [0.25, 0.3) is 0 Å². The normalized spacial score (nSPS) is 11.1. The van der Waals surface area contributed by atoms with Crippen molar-refractivity contribution in [2.24, 2.45) is 0 Å². The van der Waals surface area contributed by atoms with Crippen molar-refractivity contribution in [2.45, 2.75) is 20.4 Å². The van der Waals surface area contributed by atoms with Crippen molar-refractivity contribution in [1.82, 2.24) is 14.9 Å². The Morgan fingerprint density at radius 2 is 1.88 bits per heavy atom. The molecule has 1 heterocycles. The second-order valence-electron chi connectivity index (χ2n) is 5.68. The van der Waals surface area contributed by atoms with Gasteiger partial charge < -0.3 is 10.4 Å². The summed E-state index contributed by atoms with van der Waals surface area (Å²) in [5, 5.41) is 14.3. The minimum absolute atomic E-state index is 0.312. The Morgan fingerprint density at radius 3 is 2.67 bits per heavy atom. The molecule has 3 aromatic rings. The lowest BCUT2D eigenvalue weighted by atomic mass is 10.1. The van der Waals surface area contributed by atoms with E-state index in [2.05, 4.69) is 34.0 Å². The van der Waals surface area contributed by atoms with Gasteiger partial charge in [0.05, 0.1) is 5.52 Å². The first-order chi connectivity index (χ1) is 11.7. The lowest BCUT2D eigenvalue weighted by Gasteiger charge is -2.19. The Bertz CT molecular complexity index is 830. The highest BCUT2D eigenvalue weighted by Gasteiger charge is 2.08. The Balaban J connectivity index is 1.83. The lowest BCUT2D eigenvalue weighted by Crippen LogP contribution is -2.22. The summed E-state index contributed by atoms with van der Waals surface area (Å²) in [6.07, 6.45) is 1.81. The molecule has 0 aliphatic carbocycles. The molecule has 0 amide bonds. The van der Waals surface area contributed by atoms with E-state index in [0.29, 0.717) is 18.2 Å². The van der Waals surface area contributed by atoms with E-state index in [-0.39, 0.29) is 0 Å². The summed E-state index contributed by atoms with van der Waals surface area (Å²) in [6, 6.07) is 13.4. The maximum absolute atomic E-state index is 10.1. The summed E-state index contributed by atoms with van der Waals surface area (Å²) in [7, 11) is 0. The molecule has 0 unspecified atom stereocenters. The van der Waals surface area contributed by atoms with Gasteiger partial charge in [-0.3, -0.25) is 4.90 Å². The maximum Gasteiger partial charge on any atom is 0.227 e. The molecule has 5 heteroatoms. The van der Waals surface area contributed by atoms with Crippen LogP contribution in [0.15, 0.2) is 48.7 Å². The molecule has 3 rings (SSSR count). The molecule has 0 bridgehead atoms. The zero-order chi connectivity index (χ0) is 16.9. The maximum atomic E-state index is 10.1. The van der Waals surface area contributed by atoms with Crippen molar-refractivity contribution in [3.63, 3.8) is 0 Å². The molecule has 0 aliphatic rings. The fourth-order valence-corrected chi connectivity index (χ4v) is 2.64. The monoisotopic (exact) mass is 322 g/mol. The van der Waals surface area contributed by atoms with Crippen LogP contribution in [0.1, 0.15) is 19.4 Å². The topological polar surface area (TPSA) is 61.3 Å². The van der Waals surface area contributed by atoms with Crippen molar-refractivity contribution in [3.8, 4) is 5.75 Å². The predicted molar refractivity (Wildman–Crippen MR) is 97.6 cm³/mol. The number of aromatic nitrogens is 2. The molecule has 1 aromatic heterocycles. The van der Waals surface area contributed by atoms with Crippen LogP contribution in [0.4, 0.5) is 11.6 Å². The van der Waals surface area contributed by atoms with E-state index in [4.69, 9.17) is 0 Å². The fourth-order valence-electron chi connectivity index (χ4n) is 2.64.